The summed E-state index contributed by atoms with van der Waals surface area (Å²) in [6.45, 7) is 10.3. The van der Waals surface area contributed by atoms with Crippen molar-refractivity contribution in [2.75, 3.05) is 42.4 Å². The summed E-state index contributed by atoms with van der Waals surface area (Å²) < 4.78 is 16.8. The van der Waals surface area contributed by atoms with Crippen LogP contribution in [0.1, 0.15) is 61.4 Å². The molecule has 3 heterocycles. The first-order chi connectivity index (χ1) is 42.5. The van der Waals surface area contributed by atoms with E-state index in [1.54, 1.807) is 48.0 Å². The third-order valence-corrected chi connectivity index (χ3v) is 16.6. The Bertz CT molecular complexity index is 3840. The van der Waals surface area contributed by atoms with Crippen LogP contribution in [0.2, 0.25) is 0 Å². The Morgan fingerprint density at radius 3 is 1.33 bits per heavy atom. The van der Waals surface area contributed by atoms with Crippen LogP contribution in [0.5, 0.6) is 11.9 Å². The number of likely N-dealkylation sites (N-methyl/N-ethyl adjacent to an activating group) is 4. The predicted molar refractivity (Wildman–Crippen MR) is 358 cm³/mol. The highest BCUT2D eigenvalue weighted by Gasteiger charge is 2.18. The highest BCUT2D eigenvalue weighted by atomic mass is 32.1. The van der Waals surface area contributed by atoms with Gasteiger partial charge in [-0.2, -0.15) is 4.98 Å². The van der Waals surface area contributed by atoms with Gasteiger partial charge >= 0.3 is 6.01 Å². The molecule has 0 unspecified atom stereocenters. The highest BCUT2D eigenvalue weighted by molar-refractivity contribution is 7.22. The smallest absolute Gasteiger partial charge is 0.319 e. The summed E-state index contributed by atoms with van der Waals surface area (Å²) in [7, 11) is 10.3. The summed E-state index contributed by atoms with van der Waals surface area (Å²) in [5, 5.41) is 20.0. The number of methoxy groups -OCH3 is 2. The minimum atomic E-state index is -0.167. The van der Waals surface area contributed by atoms with E-state index in [0.717, 1.165) is 57.7 Å². The summed E-state index contributed by atoms with van der Waals surface area (Å²) in [5.41, 5.74) is 13.0. The van der Waals surface area contributed by atoms with E-state index in [2.05, 4.69) is 182 Å². The van der Waals surface area contributed by atoms with Gasteiger partial charge in [-0.1, -0.05) is 163 Å². The molecule has 10 rings (SSSR count). The van der Waals surface area contributed by atoms with E-state index >= 15 is 0 Å². The van der Waals surface area contributed by atoms with Crippen molar-refractivity contribution in [3.63, 3.8) is 0 Å². The second kappa shape index (κ2) is 32.8. The zero-order valence-electron chi connectivity index (χ0n) is 52.5. The van der Waals surface area contributed by atoms with Gasteiger partial charge in [-0.3, -0.25) is 19.2 Å². The number of fused-ring (bicyclic) bond motifs is 2. The zero-order valence-corrected chi connectivity index (χ0v) is 53.3. The number of rotatable bonds is 22. The number of thiophene rings is 1. The number of carbonyl (C=O) groups is 4. The lowest BCUT2D eigenvalue weighted by atomic mass is 9.96. The van der Waals surface area contributed by atoms with Gasteiger partial charge in [0.1, 0.15) is 28.9 Å². The van der Waals surface area contributed by atoms with Crippen LogP contribution in [-0.2, 0) is 44.9 Å². The van der Waals surface area contributed by atoms with E-state index in [0.29, 0.717) is 18.7 Å². The van der Waals surface area contributed by atoms with E-state index in [1.165, 1.54) is 60.7 Å². The fourth-order valence-electron chi connectivity index (χ4n) is 10.3. The Morgan fingerprint density at radius 2 is 0.909 bits per heavy atom. The molecule has 0 amide bonds. The molecule has 0 spiro atoms. The number of hydrogen-bond donors (Lipinski definition) is 4. The maximum atomic E-state index is 11.6. The van der Waals surface area contributed by atoms with Gasteiger partial charge in [-0.15, -0.1) is 11.3 Å². The summed E-state index contributed by atoms with van der Waals surface area (Å²) in [5.74, 6) is 1.92. The van der Waals surface area contributed by atoms with Gasteiger partial charge in [0.25, 0.3) is 0 Å². The maximum Gasteiger partial charge on any atom is 0.319 e. The first kappa shape index (κ1) is 66.7. The average molecular weight is 1200 g/mol. The molecule has 4 atom stereocenters. The van der Waals surface area contributed by atoms with Crippen molar-refractivity contribution in [3.8, 4) is 55.7 Å². The van der Waals surface area contributed by atoms with E-state index in [-0.39, 0.29) is 53.3 Å². The number of benzene rings is 7. The van der Waals surface area contributed by atoms with Crippen LogP contribution in [0.25, 0.3) is 64.7 Å². The Hall–Kier alpha value is -8.83. The number of nitrogens with one attached hydrogen (secondary N) is 4. The number of ether oxygens (including phenoxy) is 2. The molecule has 88 heavy (non-hydrogen) atoms. The Labute approximate surface area is 521 Å². The molecule has 0 saturated carbocycles. The molecule has 456 valence electrons. The second-order valence-corrected chi connectivity index (χ2v) is 22.6. The Kier molecular flexibility index (Phi) is 24.8. The lowest BCUT2D eigenvalue weighted by Gasteiger charge is -2.13. The molecule has 0 radical (unpaired) electrons. The number of Topliss-reactive ketones (excluding diaryl/α,β-unsaturated/α-hetero) is 4. The molecule has 3 aromatic heterocycles. The first-order valence-corrected chi connectivity index (χ1v) is 30.2. The molecule has 0 bridgehead atoms. The van der Waals surface area contributed by atoms with Gasteiger partial charge in [0.2, 0.25) is 5.88 Å². The van der Waals surface area contributed by atoms with Gasteiger partial charge in [0, 0.05) is 21.3 Å². The topological polar surface area (TPSA) is 187 Å². The molecule has 0 aliphatic heterocycles. The van der Waals surface area contributed by atoms with Gasteiger partial charge in [-0.05, 0) is 174 Å². The fourth-order valence-corrected chi connectivity index (χ4v) is 11.4. The fraction of sp³-hybridized carbons (Fsp3) is 0.274. The summed E-state index contributed by atoms with van der Waals surface area (Å²) in [6, 6.07) is 58.4. The van der Waals surface area contributed by atoms with Gasteiger partial charge in [-0.25, -0.2) is 4.98 Å². The number of aromatic nitrogens is 3. The number of carbonyl (C=O) groups excluding carboxylic acids is 4. The SMILES string of the molecule is CN[C@@H](Cc1ccc(-c2c(C)noc2C)cc1)C(C)=O.CN[C@@H](Cc1ccc(-c2cc3ccccc3s2)cc1)C(C)=O.CN[C@@H](Cc1ccc(-c2cccc3ccccc23)cc1)C(C)=O.CN[C@@H](Cc1ccc(-c2cnc(OC)nc2OC)cc1)C(C)=O. The zero-order chi connectivity index (χ0) is 63.3. The third-order valence-electron chi connectivity index (χ3n) is 15.5. The van der Waals surface area contributed by atoms with Crippen LogP contribution in [0.15, 0.2) is 181 Å². The normalized spacial score (nSPS) is 12.2. The van der Waals surface area contributed by atoms with Crippen molar-refractivity contribution >= 4 is 55.3 Å². The maximum absolute atomic E-state index is 11.6. The largest absolute Gasteiger partial charge is 0.480 e. The van der Waals surface area contributed by atoms with E-state index in [9.17, 15) is 19.2 Å². The van der Waals surface area contributed by atoms with Crippen molar-refractivity contribution in [2.24, 2.45) is 0 Å². The summed E-state index contributed by atoms with van der Waals surface area (Å²) >= 11 is 1.81. The molecule has 7 aromatic carbocycles. The molecule has 10 aromatic rings. The van der Waals surface area contributed by atoms with E-state index in [1.807, 2.05) is 70.6 Å². The molecular weight excluding hydrogens is 1120 g/mol. The van der Waals surface area contributed by atoms with Gasteiger partial charge < -0.3 is 35.3 Å². The highest BCUT2D eigenvalue weighted by Crippen LogP contribution is 2.35. The molecule has 0 fully saturated rings. The number of hydrogen-bond acceptors (Lipinski definition) is 15. The van der Waals surface area contributed by atoms with E-state index < -0.39 is 0 Å². The molecule has 14 nitrogen and oxygen atoms in total. The standard InChI is InChI=1S/C21H21NO.C19H19NOS.C17H21N3O3.C16H20N2O2/c1-15(23)21(22-2)14-16-10-12-18(13-11-16)20-9-5-7-17-6-3-4-8-19(17)20;1-13(21)17(20-2)11-14-7-9-15(10-8-14)19-12-16-5-3-4-6-18(16)22-19;1-11(21)15(18-2)9-12-5-7-13(8-6-12)14-10-19-17(23-4)20-16(14)22-3;1-10-16(12(3)20-18-10)14-7-5-13(6-8-14)9-15(17-4)11(2)19/h3-13,21-22H,14H2,1-2H3;3-10,12,17,20H,11H2,1-2H3;5-8,10,15,18H,9H2,1-4H3;5-8,15,17H,9H2,1-4H3/t21-;17-;2*15-/m0000/s1. The number of nitrogens with zero attached hydrogens (tertiary/aromatic N) is 3. The van der Waals surface area contributed by atoms with Crippen LogP contribution < -0.4 is 30.7 Å². The molecule has 0 saturated heterocycles. The molecule has 0 aliphatic carbocycles. The minimum absolute atomic E-state index is 0.102. The quantitative estimate of drug-likeness (QED) is 0.0502. The molecule has 0 aliphatic rings. The van der Waals surface area contributed by atoms with Crippen LogP contribution >= 0.6 is 11.3 Å². The van der Waals surface area contributed by atoms with E-state index in [4.69, 9.17) is 14.0 Å². The number of ketones is 4. The van der Waals surface area contributed by atoms with Crippen molar-refractivity contribution in [1.82, 2.24) is 36.4 Å². The first-order valence-electron chi connectivity index (χ1n) is 29.4. The average Bonchev–Trinajstić information content (AvgIpc) is 3.56. The molecule has 4 N–H and O–H groups in total. The lowest BCUT2D eigenvalue weighted by Crippen LogP contribution is -2.34. The Morgan fingerprint density at radius 1 is 0.489 bits per heavy atom. The second-order valence-electron chi connectivity index (χ2n) is 21.6. The van der Waals surface area contributed by atoms with Crippen LogP contribution in [0.3, 0.4) is 0 Å². The third kappa shape index (κ3) is 18.1. The monoisotopic (exact) mass is 1200 g/mol. The summed E-state index contributed by atoms with van der Waals surface area (Å²) in [4.78, 5) is 55.6. The van der Waals surface area contributed by atoms with Crippen LogP contribution in [0, 0.1) is 13.8 Å². The van der Waals surface area contributed by atoms with Crippen molar-refractivity contribution in [2.45, 2.75) is 91.4 Å². The van der Waals surface area contributed by atoms with Crippen LogP contribution in [-0.4, -0.2) is 105 Å². The number of aryl methyl sites for hydroxylation is 2. The van der Waals surface area contributed by atoms with Crippen molar-refractivity contribution in [1.29, 1.82) is 0 Å². The van der Waals surface area contributed by atoms with Crippen LogP contribution in [0.4, 0.5) is 0 Å². The van der Waals surface area contributed by atoms with Gasteiger partial charge in [0.05, 0.1) is 49.6 Å². The van der Waals surface area contributed by atoms with Crippen molar-refractivity contribution in [3.05, 3.63) is 210 Å². The Balaban J connectivity index is 0.000000168. The molecule has 15 heteroatoms. The van der Waals surface area contributed by atoms with Crippen molar-refractivity contribution < 1.29 is 33.2 Å². The minimum Gasteiger partial charge on any atom is -0.480 e. The lowest BCUT2D eigenvalue weighted by molar-refractivity contribution is -0.119. The van der Waals surface area contributed by atoms with Gasteiger partial charge in [0.15, 0.2) is 0 Å². The molecular formula is C73H81N7O7S. The summed E-state index contributed by atoms with van der Waals surface area (Å²) in [6.07, 6.45) is 4.49. The predicted octanol–water partition coefficient (Wildman–Crippen LogP) is 13.1.